The Morgan fingerprint density at radius 2 is 2.24 bits per heavy atom. The van der Waals surface area contributed by atoms with Gasteiger partial charge in [0.1, 0.15) is 0 Å². The minimum absolute atomic E-state index is 0.411. The van der Waals surface area contributed by atoms with Gasteiger partial charge in [0, 0.05) is 17.3 Å². The van der Waals surface area contributed by atoms with Crippen LogP contribution in [0.5, 0.6) is 0 Å². The number of carboxylic acids is 1. The lowest BCUT2D eigenvalue weighted by atomic mass is 9.90. The van der Waals surface area contributed by atoms with Crippen LogP contribution in [0.1, 0.15) is 17.9 Å². The van der Waals surface area contributed by atoms with Gasteiger partial charge < -0.3 is 10.0 Å². The summed E-state index contributed by atoms with van der Waals surface area (Å²) in [6.07, 6.45) is 0.608. The number of hydrogen-bond donors (Lipinski definition) is 1. The minimum atomic E-state index is -0.762. The van der Waals surface area contributed by atoms with E-state index in [0.717, 1.165) is 11.3 Å². The summed E-state index contributed by atoms with van der Waals surface area (Å²) in [6.45, 7) is 4.94. The molecule has 17 heavy (non-hydrogen) atoms. The number of nitrogens with zero attached hydrogens (tertiary/aromatic N) is 1. The van der Waals surface area contributed by atoms with Gasteiger partial charge in [0.15, 0.2) is 0 Å². The summed E-state index contributed by atoms with van der Waals surface area (Å²) < 4.78 is 0. The van der Waals surface area contributed by atoms with E-state index in [0.29, 0.717) is 24.5 Å². The van der Waals surface area contributed by atoms with E-state index >= 15 is 0 Å². The number of benzene rings is 1. The van der Waals surface area contributed by atoms with Crippen molar-refractivity contribution < 1.29 is 9.90 Å². The maximum absolute atomic E-state index is 11.2. The van der Waals surface area contributed by atoms with Gasteiger partial charge in [-0.15, -0.1) is 0 Å². The minimum Gasteiger partial charge on any atom is -0.481 e. The fourth-order valence-electron chi connectivity index (χ4n) is 2.26. The Hall–Kier alpha value is -1.48. The molecule has 90 valence electrons. The molecule has 3 nitrogen and oxygen atoms in total. The third-order valence-electron chi connectivity index (χ3n) is 3.00. The molecule has 0 aliphatic carbocycles. The molecule has 1 aliphatic rings. The van der Waals surface area contributed by atoms with Crippen molar-refractivity contribution >= 4 is 23.3 Å². The highest BCUT2D eigenvalue weighted by Crippen LogP contribution is 2.35. The third-order valence-corrected chi connectivity index (χ3v) is 3.12. The number of fused-ring (bicyclic) bond motifs is 1. The first-order chi connectivity index (χ1) is 8.09. The van der Waals surface area contributed by atoms with E-state index in [2.05, 4.69) is 11.5 Å². The van der Waals surface area contributed by atoms with E-state index in [4.69, 9.17) is 11.6 Å². The summed E-state index contributed by atoms with van der Waals surface area (Å²) in [5.41, 5.74) is 1.82. The summed E-state index contributed by atoms with van der Waals surface area (Å²) in [7, 11) is 0. The molecular formula is C13H14ClNO2. The second-order valence-electron chi connectivity index (χ2n) is 4.18. The van der Waals surface area contributed by atoms with Gasteiger partial charge in [0.05, 0.1) is 12.5 Å². The standard InChI is InChI=1S/C13H14ClNO2/c1-9(14)8-15-7-6-11(13(16)17)10-4-2-3-5-12(10)15/h2-5,11H,1,6-8H2,(H,16,17). The van der Waals surface area contributed by atoms with Gasteiger partial charge in [0.25, 0.3) is 0 Å². The molecule has 1 unspecified atom stereocenters. The molecule has 1 N–H and O–H groups in total. The summed E-state index contributed by atoms with van der Waals surface area (Å²) in [4.78, 5) is 13.3. The Kier molecular flexibility index (Phi) is 3.38. The normalized spacial score (nSPS) is 18.6. The predicted molar refractivity (Wildman–Crippen MR) is 68.6 cm³/mol. The fourth-order valence-corrected chi connectivity index (χ4v) is 2.40. The molecule has 0 spiro atoms. The third kappa shape index (κ3) is 2.44. The summed E-state index contributed by atoms with van der Waals surface area (Å²) in [5.74, 6) is -1.17. The molecule has 0 saturated heterocycles. The summed E-state index contributed by atoms with van der Waals surface area (Å²) in [6, 6.07) is 7.59. The smallest absolute Gasteiger partial charge is 0.311 e. The zero-order chi connectivity index (χ0) is 12.4. The number of carboxylic acid groups (broad SMARTS) is 1. The molecule has 1 aromatic rings. The van der Waals surface area contributed by atoms with E-state index in [1.165, 1.54) is 0 Å². The second kappa shape index (κ2) is 4.80. The quantitative estimate of drug-likeness (QED) is 0.898. The number of anilines is 1. The topological polar surface area (TPSA) is 40.5 Å². The second-order valence-corrected chi connectivity index (χ2v) is 4.71. The van der Waals surface area contributed by atoms with Crippen LogP contribution in [0.3, 0.4) is 0 Å². The van der Waals surface area contributed by atoms with Crippen molar-refractivity contribution in [2.75, 3.05) is 18.0 Å². The number of aliphatic carboxylic acids is 1. The molecule has 0 amide bonds. The van der Waals surface area contributed by atoms with Crippen LogP contribution in [0, 0.1) is 0 Å². The van der Waals surface area contributed by atoms with E-state index in [9.17, 15) is 9.90 Å². The zero-order valence-electron chi connectivity index (χ0n) is 9.40. The molecule has 0 radical (unpaired) electrons. The maximum Gasteiger partial charge on any atom is 0.311 e. The Balaban J connectivity index is 2.36. The van der Waals surface area contributed by atoms with Gasteiger partial charge >= 0.3 is 5.97 Å². The van der Waals surface area contributed by atoms with Crippen LogP contribution in [-0.2, 0) is 4.79 Å². The highest BCUT2D eigenvalue weighted by Gasteiger charge is 2.29. The van der Waals surface area contributed by atoms with Crippen molar-refractivity contribution in [3.05, 3.63) is 41.4 Å². The van der Waals surface area contributed by atoms with E-state index in [1.807, 2.05) is 24.3 Å². The predicted octanol–water partition coefficient (Wildman–Crippen LogP) is 2.82. The Morgan fingerprint density at radius 1 is 1.53 bits per heavy atom. The fraction of sp³-hybridized carbons (Fsp3) is 0.308. The van der Waals surface area contributed by atoms with Crippen molar-refractivity contribution in [2.45, 2.75) is 12.3 Å². The highest BCUT2D eigenvalue weighted by molar-refractivity contribution is 6.29. The Morgan fingerprint density at radius 3 is 2.88 bits per heavy atom. The van der Waals surface area contributed by atoms with Crippen LogP contribution < -0.4 is 4.90 Å². The number of hydrogen-bond acceptors (Lipinski definition) is 2. The first-order valence-corrected chi connectivity index (χ1v) is 5.87. The van der Waals surface area contributed by atoms with Gasteiger partial charge in [-0.05, 0) is 18.1 Å². The van der Waals surface area contributed by atoms with E-state index in [1.54, 1.807) is 0 Å². The Bertz CT molecular complexity index is 458. The molecule has 0 bridgehead atoms. The molecule has 1 aliphatic heterocycles. The van der Waals surface area contributed by atoms with Gasteiger partial charge in [-0.3, -0.25) is 4.79 Å². The van der Waals surface area contributed by atoms with Crippen LogP contribution in [0.25, 0.3) is 0 Å². The van der Waals surface area contributed by atoms with Gasteiger partial charge in [-0.2, -0.15) is 0 Å². The molecular weight excluding hydrogens is 238 g/mol. The van der Waals surface area contributed by atoms with Crippen molar-refractivity contribution in [2.24, 2.45) is 0 Å². The average Bonchev–Trinajstić information content (AvgIpc) is 2.28. The number of halogens is 1. The van der Waals surface area contributed by atoms with Crippen molar-refractivity contribution in [3.8, 4) is 0 Å². The zero-order valence-corrected chi connectivity index (χ0v) is 10.2. The van der Waals surface area contributed by atoms with Crippen LogP contribution in [0.2, 0.25) is 0 Å². The summed E-state index contributed by atoms with van der Waals surface area (Å²) >= 11 is 5.82. The maximum atomic E-state index is 11.2. The van der Waals surface area contributed by atoms with Crippen LogP contribution in [0.15, 0.2) is 35.9 Å². The van der Waals surface area contributed by atoms with Crippen LogP contribution in [0.4, 0.5) is 5.69 Å². The van der Waals surface area contributed by atoms with Gasteiger partial charge in [-0.25, -0.2) is 0 Å². The molecule has 0 aromatic heterocycles. The van der Waals surface area contributed by atoms with Crippen molar-refractivity contribution in [1.82, 2.24) is 0 Å². The number of rotatable bonds is 3. The van der Waals surface area contributed by atoms with Crippen molar-refractivity contribution in [1.29, 1.82) is 0 Å². The molecule has 1 aromatic carbocycles. The van der Waals surface area contributed by atoms with Gasteiger partial charge in [0.2, 0.25) is 0 Å². The van der Waals surface area contributed by atoms with Gasteiger partial charge in [-0.1, -0.05) is 36.4 Å². The first kappa shape index (κ1) is 12.0. The molecule has 0 saturated carbocycles. The summed E-state index contributed by atoms with van der Waals surface area (Å²) in [5, 5.41) is 9.75. The average molecular weight is 252 g/mol. The molecule has 0 fully saturated rings. The van der Waals surface area contributed by atoms with Crippen molar-refractivity contribution in [3.63, 3.8) is 0 Å². The van der Waals surface area contributed by atoms with Crippen LogP contribution in [-0.4, -0.2) is 24.2 Å². The van der Waals surface area contributed by atoms with E-state index < -0.39 is 11.9 Å². The molecule has 2 rings (SSSR count). The Labute approximate surface area is 105 Å². The lowest BCUT2D eigenvalue weighted by Crippen LogP contribution is -2.34. The number of carbonyl (C=O) groups is 1. The number of para-hydroxylation sites is 1. The monoisotopic (exact) mass is 251 g/mol. The van der Waals surface area contributed by atoms with E-state index in [-0.39, 0.29) is 0 Å². The SMILES string of the molecule is C=C(Cl)CN1CCC(C(=O)O)c2ccccc21. The van der Waals surface area contributed by atoms with Crippen LogP contribution >= 0.6 is 11.6 Å². The first-order valence-electron chi connectivity index (χ1n) is 5.49. The highest BCUT2D eigenvalue weighted by atomic mass is 35.5. The lowest BCUT2D eigenvalue weighted by molar-refractivity contribution is -0.139. The lowest BCUT2D eigenvalue weighted by Gasteiger charge is -2.34. The molecule has 4 heteroatoms. The largest absolute Gasteiger partial charge is 0.481 e. The molecule has 1 heterocycles. The molecule has 1 atom stereocenters.